The zero-order valence-corrected chi connectivity index (χ0v) is 24.0. The maximum Gasteiger partial charge on any atom is 0.158 e. The van der Waals surface area contributed by atoms with E-state index in [1.54, 1.807) is 0 Å². The van der Waals surface area contributed by atoms with Crippen molar-refractivity contribution >= 4 is 17.5 Å². The normalized spacial score (nSPS) is 20.4. The van der Waals surface area contributed by atoms with Gasteiger partial charge in [-0.3, -0.25) is 4.79 Å². The van der Waals surface area contributed by atoms with Crippen LogP contribution in [-0.2, 0) is 4.79 Å². The Morgan fingerprint density at radius 3 is 2.26 bits per heavy atom. The number of hydrogen-bond donors (Lipinski definition) is 2. The molecular weight excluding hydrogens is 436 g/mol. The van der Waals surface area contributed by atoms with Gasteiger partial charge in [0.25, 0.3) is 0 Å². The van der Waals surface area contributed by atoms with Crippen molar-refractivity contribution in [3.63, 3.8) is 0 Å². The van der Waals surface area contributed by atoms with Crippen LogP contribution >= 0.6 is 11.8 Å². The van der Waals surface area contributed by atoms with Gasteiger partial charge in [0.2, 0.25) is 0 Å². The van der Waals surface area contributed by atoms with E-state index in [-0.39, 0.29) is 33.4 Å². The van der Waals surface area contributed by atoms with Crippen molar-refractivity contribution in [2.75, 3.05) is 12.3 Å². The van der Waals surface area contributed by atoms with E-state index in [0.29, 0.717) is 0 Å². The topological polar surface area (TPSA) is 41.1 Å². The van der Waals surface area contributed by atoms with Crippen LogP contribution in [0.5, 0.6) is 0 Å². The van der Waals surface area contributed by atoms with Gasteiger partial charge in [-0.2, -0.15) is 11.8 Å². The van der Waals surface area contributed by atoms with Crippen LogP contribution in [0, 0.1) is 17.3 Å². The average Bonchev–Trinajstić information content (AvgIpc) is 3.58. The summed E-state index contributed by atoms with van der Waals surface area (Å²) in [5, 5.41) is 7.82. The number of nitrogens with one attached hydrogen (secondary N) is 2. The number of ketones is 1. The second kappa shape index (κ2) is 13.0. The van der Waals surface area contributed by atoms with Crippen molar-refractivity contribution in [2.45, 2.75) is 128 Å². The molecule has 2 unspecified atom stereocenters. The highest BCUT2D eigenvalue weighted by Crippen LogP contribution is 2.38. The van der Waals surface area contributed by atoms with E-state index in [0.717, 1.165) is 49.6 Å². The zero-order chi connectivity index (χ0) is 25.4. The van der Waals surface area contributed by atoms with Crippen molar-refractivity contribution in [1.29, 1.82) is 0 Å². The Kier molecular flexibility index (Phi) is 11.3. The molecule has 0 aromatic rings. The monoisotopic (exact) mass is 490 g/mol. The zero-order valence-electron chi connectivity index (χ0n) is 23.2. The summed E-state index contributed by atoms with van der Waals surface area (Å²) in [6, 6.07) is 0.233. The molecule has 2 fully saturated rings. The van der Waals surface area contributed by atoms with Crippen LogP contribution in [0.2, 0.25) is 0 Å². The van der Waals surface area contributed by atoms with Gasteiger partial charge in [0.05, 0.1) is 6.04 Å². The van der Waals surface area contributed by atoms with E-state index < -0.39 is 0 Å². The van der Waals surface area contributed by atoms with Gasteiger partial charge in [-0.1, -0.05) is 93.2 Å². The summed E-state index contributed by atoms with van der Waals surface area (Å²) in [5.41, 5.74) is 1.40. The van der Waals surface area contributed by atoms with E-state index in [9.17, 15) is 4.79 Å². The van der Waals surface area contributed by atoms with Crippen molar-refractivity contribution < 1.29 is 4.79 Å². The first kappa shape index (κ1) is 29.5. The Hall–Kier alpha value is -0.740. The summed E-state index contributed by atoms with van der Waals surface area (Å²) < 4.78 is 0.281. The summed E-state index contributed by atoms with van der Waals surface area (Å²) >= 11 is 2.10. The van der Waals surface area contributed by atoms with E-state index in [2.05, 4.69) is 77.1 Å². The molecule has 2 rings (SSSR count). The van der Waals surface area contributed by atoms with E-state index in [4.69, 9.17) is 0 Å². The van der Waals surface area contributed by atoms with Crippen LogP contribution in [0.1, 0.15) is 112 Å². The molecule has 2 aliphatic rings. The highest BCUT2D eigenvalue weighted by molar-refractivity contribution is 8.00. The minimum absolute atomic E-state index is 0.0899. The van der Waals surface area contributed by atoms with E-state index in [1.807, 2.05) is 0 Å². The summed E-state index contributed by atoms with van der Waals surface area (Å²) in [6.45, 7) is 23.1. The molecule has 0 spiro atoms. The SMILES string of the molecule is C=CC(=O)C(CCCCNC(=C)C(NC1(CSC(C)(C)C)CCCCC1)C(C)(C)C)CC1CC1. The van der Waals surface area contributed by atoms with Gasteiger partial charge in [0.15, 0.2) is 5.78 Å². The first-order valence-corrected chi connectivity index (χ1v) is 14.8. The number of hydrogen-bond acceptors (Lipinski definition) is 4. The quantitative estimate of drug-likeness (QED) is 0.182. The third-order valence-corrected chi connectivity index (χ3v) is 9.07. The van der Waals surface area contributed by atoms with Crippen LogP contribution in [0.3, 0.4) is 0 Å². The lowest BCUT2D eigenvalue weighted by Gasteiger charge is -2.46. The lowest BCUT2D eigenvalue weighted by Crippen LogP contribution is -2.59. The Morgan fingerprint density at radius 2 is 1.74 bits per heavy atom. The Bertz CT molecular complexity index is 662. The molecule has 0 amide bonds. The highest BCUT2D eigenvalue weighted by Gasteiger charge is 2.39. The largest absolute Gasteiger partial charge is 0.388 e. The van der Waals surface area contributed by atoms with Crippen molar-refractivity contribution in [2.24, 2.45) is 17.3 Å². The molecule has 3 nitrogen and oxygen atoms in total. The smallest absolute Gasteiger partial charge is 0.158 e. The van der Waals surface area contributed by atoms with Crippen LogP contribution in [0.25, 0.3) is 0 Å². The van der Waals surface area contributed by atoms with Crippen LogP contribution in [-0.4, -0.2) is 34.4 Å². The number of unbranched alkanes of at least 4 members (excludes halogenated alkanes) is 1. The molecule has 0 heterocycles. The maximum atomic E-state index is 12.2. The third-order valence-electron chi connectivity index (χ3n) is 7.51. The lowest BCUT2D eigenvalue weighted by atomic mass is 9.78. The van der Waals surface area contributed by atoms with Gasteiger partial charge in [-0.05, 0) is 49.5 Å². The van der Waals surface area contributed by atoms with Crippen LogP contribution in [0.4, 0.5) is 0 Å². The van der Waals surface area contributed by atoms with Gasteiger partial charge in [-0.15, -0.1) is 0 Å². The molecule has 0 radical (unpaired) electrons. The standard InChI is InChI=1S/C30H54N2OS/c1-9-26(33)25(21-24-16-17-24)15-11-14-20-31-23(2)27(28(3,4)5)32-30(18-12-10-13-19-30)22-34-29(6,7)8/h9,24-25,27,31-32H,1-2,10-22H2,3-8H3. The van der Waals surface area contributed by atoms with E-state index >= 15 is 0 Å². The van der Waals surface area contributed by atoms with Gasteiger partial charge < -0.3 is 10.6 Å². The lowest BCUT2D eigenvalue weighted by molar-refractivity contribution is -0.118. The molecule has 2 saturated carbocycles. The summed E-state index contributed by atoms with van der Waals surface area (Å²) in [4.78, 5) is 12.2. The van der Waals surface area contributed by atoms with Gasteiger partial charge in [0, 0.05) is 34.2 Å². The Labute approximate surface area is 215 Å². The third kappa shape index (κ3) is 10.5. The molecule has 0 aromatic carbocycles. The number of allylic oxidation sites excluding steroid dienone is 1. The maximum absolute atomic E-state index is 12.2. The second-order valence-corrected chi connectivity index (χ2v) is 14.9. The number of carbonyl (C=O) groups excluding carboxylic acids is 1. The van der Waals surface area contributed by atoms with Crippen LogP contribution < -0.4 is 10.6 Å². The predicted molar refractivity (Wildman–Crippen MR) is 151 cm³/mol. The molecular formula is C30H54N2OS. The number of rotatable bonds is 15. The first-order valence-electron chi connectivity index (χ1n) is 13.9. The molecule has 0 aliphatic heterocycles. The minimum atomic E-state index is 0.0899. The van der Waals surface area contributed by atoms with Crippen molar-refractivity contribution in [1.82, 2.24) is 10.6 Å². The summed E-state index contributed by atoms with van der Waals surface area (Å²) in [7, 11) is 0. The molecule has 0 bridgehead atoms. The molecule has 34 heavy (non-hydrogen) atoms. The minimum Gasteiger partial charge on any atom is -0.388 e. The predicted octanol–water partition coefficient (Wildman–Crippen LogP) is 7.67. The van der Waals surface area contributed by atoms with Crippen LogP contribution in [0.15, 0.2) is 24.9 Å². The van der Waals surface area contributed by atoms with Gasteiger partial charge in [0.1, 0.15) is 0 Å². The average molecular weight is 491 g/mol. The Balaban J connectivity index is 1.90. The van der Waals surface area contributed by atoms with Gasteiger partial charge >= 0.3 is 0 Å². The number of thioether (sulfide) groups is 1. The highest BCUT2D eigenvalue weighted by atomic mass is 32.2. The molecule has 2 atom stereocenters. The fraction of sp³-hybridized carbons (Fsp3) is 0.833. The van der Waals surface area contributed by atoms with Crippen molar-refractivity contribution in [3.05, 3.63) is 24.9 Å². The fourth-order valence-corrected chi connectivity index (χ4v) is 6.29. The first-order chi connectivity index (χ1) is 15.9. The Morgan fingerprint density at radius 1 is 1.09 bits per heavy atom. The molecule has 4 heteroatoms. The second-order valence-electron chi connectivity index (χ2n) is 13.1. The van der Waals surface area contributed by atoms with Gasteiger partial charge in [-0.25, -0.2) is 0 Å². The molecule has 0 saturated heterocycles. The molecule has 0 aromatic heterocycles. The molecule has 2 aliphatic carbocycles. The number of carbonyl (C=O) groups is 1. The summed E-state index contributed by atoms with van der Waals surface area (Å²) in [5.74, 6) is 2.38. The van der Waals surface area contributed by atoms with E-state index in [1.165, 1.54) is 51.0 Å². The molecule has 2 N–H and O–H groups in total. The van der Waals surface area contributed by atoms with Crippen molar-refractivity contribution in [3.8, 4) is 0 Å². The fourth-order valence-electron chi connectivity index (χ4n) is 5.21. The summed E-state index contributed by atoms with van der Waals surface area (Å²) in [6.07, 6.45) is 14.9. The molecule has 196 valence electrons.